The number of benzene rings is 1. The minimum Gasteiger partial charge on any atom is -0.327 e. The van der Waals surface area contributed by atoms with Crippen LogP contribution in [-0.4, -0.2) is 24.3 Å². The Balaban J connectivity index is 1.90. The molecule has 0 amide bonds. The molecule has 0 aliphatic rings. The molecule has 5 nitrogen and oxygen atoms in total. The third-order valence-corrected chi connectivity index (χ3v) is 3.83. The average molecular weight is 295 g/mol. The van der Waals surface area contributed by atoms with E-state index in [2.05, 4.69) is 70.0 Å². The maximum Gasteiger partial charge on any atom is 0.137 e. The molecule has 1 atom stereocenters. The van der Waals surface area contributed by atoms with E-state index in [-0.39, 0.29) is 6.04 Å². The van der Waals surface area contributed by atoms with Gasteiger partial charge in [0, 0.05) is 24.9 Å². The second kappa shape index (κ2) is 6.56. The van der Waals surface area contributed by atoms with Crippen molar-refractivity contribution in [1.82, 2.24) is 24.3 Å². The molecule has 3 aromatic rings. The van der Waals surface area contributed by atoms with Gasteiger partial charge in [-0.3, -0.25) is 4.68 Å². The van der Waals surface area contributed by atoms with E-state index in [1.54, 1.807) is 12.7 Å². The summed E-state index contributed by atoms with van der Waals surface area (Å²) >= 11 is 0. The van der Waals surface area contributed by atoms with Crippen LogP contribution in [0.25, 0.3) is 0 Å². The van der Waals surface area contributed by atoms with Crippen LogP contribution in [-0.2, 0) is 6.54 Å². The molecule has 0 fully saturated rings. The maximum absolute atomic E-state index is 4.54. The van der Waals surface area contributed by atoms with Crippen molar-refractivity contribution in [3.05, 3.63) is 66.8 Å². The normalized spacial score (nSPS) is 12.7. The SMILES string of the molecule is CC(C)c1nccn1C(CCn1cncn1)c1ccccc1. The molecule has 0 saturated heterocycles. The van der Waals surface area contributed by atoms with E-state index in [0.717, 1.165) is 18.8 Å². The van der Waals surface area contributed by atoms with Crippen molar-refractivity contribution in [2.75, 3.05) is 0 Å². The van der Waals surface area contributed by atoms with Gasteiger partial charge in [0.15, 0.2) is 0 Å². The molecule has 22 heavy (non-hydrogen) atoms. The van der Waals surface area contributed by atoms with E-state index in [1.165, 1.54) is 5.56 Å². The van der Waals surface area contributed by atoms with Crippen molar-refractivity contribution in [2.24, 2.45) is 0 Å². The summed E-state index contributed by atoms with van der Waals surface area (Å²) in [5.74, 6) is 1.51. The second-order valence-electron chi connectivity index (χ2n) is 5.72. The van der Waals surface area contributed by atoms with Crippen molar-refractivity contribution in [1.29, 1.82) is 0 Å². The van der Waals surface area contributed by atoms with Crippen LogP contribution in [0.4, 0.5) is 0 Å². The highest BCUT2D eigenvalue weighted by Gasteiger charge is 2.18. The number of imidazole rings is 1. The lowest BCUT2D eigenvalue weighted by Crippen LogP contribution is -2.16. The molecule has 0 spiro atoms. The number of nitrogens with zero attached hydrogens (tertiary/aromatic N) is 5. The highest BCUT2D eigenvalue weighted by atomic mass is 15.3. The minimum atomic E-state index is 0.255. The summed E-state index contributed by atoms with van der Waals surface area (Å²) in [5.41, 5.74) is 1.29. The fraction of sp³-hybridized carbons (Fsp3) is 0.353. The highest BCUT2D eigenvalue weighted by molar-refractivity contribution is 5.21. The van der Waals surface area contributed by atoms with E-state index in [4.69, 9.17) is 0 Å². The highest BCUT2D eigenvalue weighted by Crippen LogP contribution is 2.26. The second-order valence-corrected chi connectivity index (χ2v) is 5.72. The topological polar surface area (TPSA) is 48.5 Å². The lowest BCUT2D eigenvalue weighted by atomic mass is 10.0. The van der Waals surface area contributed by atoms with Crippen LogP contribution in [0, 0.1) is 0 Å². The summed E-state index contributed by atoms with van der Waals surface area (Å²) in [4.78, 5) is 8.55. The zero-order valence-corrected chi connectivity index (χ0v) is 13.0. The van der Waals surface area contributed by atoms with Gasteiger partial charge >= 0.3 is 0 Å². The standard InChI is InChI=1S/C17H21N5/c1-14(2)17-19-9-11-22(17)16(15-6-4-3-5-7-15)8-10-21-13-18-12-20-21/h3-7,9,11-14,16H,8,10H2,1-2H3. The van der Waals surface area contributed by atoms with Gasteiger partial charge in [-0.2, -0.15) is 5.10 Å². The lowest BCUT2D eigenvalue weighted by molar-refractivity contribution is 0.452. The summed E-state index contributed by atoms with van der Waals surface area (Å²) in [6, 6.07) is 10.8. The fourth-order valence-corrected chi connectivity index (χ4v) is 2.78. The molecule has 3 rings (SSSR count). The summed E-state index contributed by atoms with van der Waals surface area (Å²) < 4.78 is 4.17. The Labute approximate surface area is 130 Å². The predicted octanol–water partition coefficient (Wildman–Crippen LogP) is 3.28. The van der Waals surface area contributed by atoms with Crippen molar-refractivity contribution in [2.45, 2.75) is 38.8 Å². The Hall–Kier alpha value is -2.43. The first-order valence-electron chi connectivity index (χ1n) is 7.66. The van der Waals surface area contributed by atoms with Crippen molar-refractivity contribution in [3.8, 4) is 0 Å². The molecule has 0 radical (unpaired) electrons. The quantitative estimate of drug-likeness (QED) is 0.701. The van der Waals surface area contributed by atoms with Gasteiger partial charge in [-0.05, 0) is 12.0 Å². The summed E-state index contributed by atoms with van der Waals surface area (Å²) in [6.45, 7) is 5.19. The molecule has 2 heterocycles. The molecule has 0 aliphatic carbocycles. The summed E-state index contributed by atoms with van der Waals surface area (Å²) in [6.07, 6.45) is 8.26. The Morgan fingerprint density at radius 2 is 1.95 bits per heavy atom. The Bertz CT molecular complexity index is 685. The zero-order chi connectivity index (χ0) is 15.4. The van der Waals surface area contributed by atoms with Crippen LogP contribution in [0.2, 0.25) is 0 Å². The third-order valence-electron chi connectivity index (χ3n) is 3.83. The smallest absolute Gasteiger partial charge is 0.137 e. The van der Waals surface area contributed by atoms with Gasteiger partial charge in [-0.1, -0.05) is 44.2 Å². The number of aromatic nitrogens is 5. The first kappa shape index (κ1) is 14.5. The molecule has 2 aromatic heterocycles. The van der Waals surface area contributed by atoms with Crippen LogP contribution < -0.4 is 0 Å². The van der Waals surface area contributed by atoms with Crippen LogP contribution in [0.1, 0.15) is 43.6 Å². The third kappa shape index (κ3) is 3.08. The first-order valence-corrected chi connectivity index (χ1v) is 7.66. The summed E-state index contributed by atoms with van der Waals surface area (Å²) in [5, 5.41) is 4.20. The molecular weight excluding hydrogens is 274 g/mol. The average Bonchev–Trinajstić information content (AvgIpc) is 3.20. The van der Waals surface area contributed by atoms with Crippen molar-refractivity contribution in [3.63, 3.8) is 0 Å². The van der Waals surface area contributed by atoms with E-state index in [0.29, 0.717) is 5.92 Å². The molecule has 1 unspecified atom stereocenters. The molecule has 0 aliphatic heterocycles. The van der Waals surface area contributed by atoms with Crippen LogP contribution >= 0.6 is 0 Å². The first-order chi connectivity index (χ1) is 10.8. The van der Waals surface area contributed by atoms with E-state index < -0.39 is 0 Å². The molecule has 1 aromatic carbocycles. The predicted molar refractivity (Wildman–Crippen MR) is 85.5 cm³/mol. The summed E-state index contributed by atoms with van der Waals surface area (Å²) in [7, 11) is 0. The Morgan fingerprint density at radius 3 is 2.64 bits per heavy atom. The number of rotatable bonds is 6. The van der Waals surface area contributed by atoms with E-state index >= 15 is 0 Å². The van der Waals surface area contributed by atoms with Crippen molar-refractivity contribution >= 4 is 0 Å². The largest absolute Gasteiger partial charge is 0.327 e. The van der Waals surface area contributed by atoms with Gasteiger partial charge in [-0.25, -0.2) is 9.97 Å². The molecular formula is C17H21N5. The van der Waals surface area contributed by atoms with Gasteiger partial charge in [0.25, 0.3) is 0 Å². The molecule has 0 N–H and O–H groups in total. The number of hydrogen-bond acceptors (Lipinski definition) is 3. The van der Waals surface area contributed by atoms with Gasteiger partial charge in [0.1, 0.15) is 18.5 Å². The Morgan fingerprint density at radius 1 is 1.14 bits per heavy atom. The molecule has 5 heteroatoms. The number of hydrogen-bond donors (Lipinski definition) is 0. The monoisotopic (exact) mass is 295 g/mol. The van der Waals surface area contributed by atoms with Gasteiger partial charge < -0.3 is 4.57 Å². The van der Waals surface area contributed by atoms with Crippen LogP contribution in [0.15, 0.2) is 55.4 Å². The fourth-order valence-electron chi connectivity index (χ4n) is 2.78. The zero-order valence-electron chi connectivity index (χ0n) is 13.0. The van der Waals surface area contributed by atoms with Crippen LogP contribution in [0.5, 0.6) is 0 Å². The van der Waals surface area contributed by atoms with Gasteiger partial charge in [-0.15, -0.1) is 0 Å². The molecule has 0 bridgehead atoms. The van der Waals surface area contributed by atoms with Crippen LogP contribution in [0.3, 0.4) is 0 Å². The Kier molecular flexibility index (Phi) is 4.32. The van der Waals surface area contributed by atoms with Crippen molar-refractivity contribution < 1.29 is 0 Å². The van der Waals surface area contributed by atoms with E-state index in [1.807, 2.05) is 10.9 Å². The van der Waals surface area contributed by atoms with Gasteiger partial charge in [0.2, 0.25) is 0 Å². The van der Waals surface area contributed by atoms with Gasteiger partial charge in [0.05, 0.1) is 6.04 Å². The van der Waals surface area contributed by atoms with E-state index in [9.17, 15) is 0 Å². The lowest BCUT2D eigenvalue weighted by Gasteiger charge is -2.22. The molecule has 114 valence electrons. The number of aryl methyl sites for hydroxylation is 1. The minimum absolute atomic E-state index is 0.255. The molecule has 0 saturated carbocycles. The maximum atomic E-state index is 4.54.